The molecule has 126 valence electrons. The standard InChI is InChI=1S/C21H25NO2/c1-5-20(17-11-9-16(4)10-12-17)22-21(23)18-7-6-8-19(13-18)24-14-15(2)3/h6-13,20H,2,5,14H2,1,3-4H3,(H,22,23)/t20-/m1/s1. The molecule has 3 heteroatoms. The molecule has 0 aliphatic heterocycles. The van der Waals surface area contributed by atoms with Gasteiger partial charge in [-0.15, -0.1) is 0 Å². The van der Waals surface area contributed by atoms with E-state index in [1.807, 2.05) is 19.1 Å². The summed E-state index contributed by atoms with van der Waals surface area (Å²) in [6.07, 6.45) is 0.834. The molecule has 3 nitrogen and oxygen atoms in total. The number of aryl methyl sites for hydroxylation is 1. The van der Waals surface area contributed by atoms with Crippen LogP contribution in [0, 0.1) is 6.92 Å². The van der Waals surface area contributed by atoms with Crippen LogP contribution >= 0.6 is 0 Å². The zero-order valence-corrected chi connectivity index (χ0v) is 14.6. The number of carbonyl (C=O) groups excluding carboxylic acids is 1. The Morgan fingerprint density at radius 3 is 2.54 bits per heavy atom. The maximum atomic E-state index is 12.6. The van der Waals surface area contributed by atoms with Gasteiger partial charge in [0, 0.05) is 5.56 Å². The Labute approximate surface area is 144 Å². The Hall–Kier alpha value is -2.55. The fourth-order valence-corrected chi connectivity index (χ4v) is 2.40. The molecule has 0 bridgehead atoms. The number of amides is 1. The van der Waals surface area contributed by atoms with E-state index in [2.05, 4.69) is 50.0 Å². The Morgan fingerprint density at radius 1 is 1.21 bits per heavy atom. The molecule has 2 rings (SSSR count). The first kappa shape index (κ1) is 17.8. The Balaban J connectivity index is 2.08. The van der Waals surface area contributed by atoms with Gasteiger partial charge in [0.25, 0.3) is 5.91 Å². The molecule has 0 heterocycles. The Morgan fingerprint density at radius 2 is 1.92 bits per heavy atom. The lowest BCUT2D eigenvalue weighted by Crippen LogP contribution is -2.28. The molecule has 1 N–H and O–H groups in total. The minimum Gasteiger partial charge on any atom is -0.489 e. The average molecular weight is 323 g/mol. The van der Waals surface area contributed by atoms with Gasteiger partial charge in [0.2, 0.25) is 0 Å². The number of ether oxygens (including phenoxy) is 1. The number of carbonyl (C=O) groups is 1. The summed E-state index contributed by atoms with van der Waals surface area (Å²) in [5, 5.41) is 3.10. The summed E-state index contributed by atoms with van der Waals surface area (Å²) in [5.74, 6) is 0.581. The summed E-state index contributed by atoms with van der Waals surface area (Å²) in [4.78, 5) is 12.6. The van der Waals surface area contributed by atoms with E-state index in [0.29, 0.717) is 17.9 Å². The molecular weight excluding hydrogens is 298 g/mol. The SMILES string of the molecule is C=C(C)COc1cccc(C(=O)N[C@H](CC)c2ccc(C)cc2)c1. The van der Waals surface area contributed by atoms with Crippen molar-refractivity contribution >= 4 is 5.91 Å². The molecule has 0 aliphatic rings. The Kier molecular flexibility index (Phi) is 6.19. The van der Waals surface area contributed by atoms with Gasteiger partial charge in [-0.3, -0.25) is 4.79 Å². The van der Waals surface area contributed by atoms with Crippen molar-refractivity contribution in [2.75, 3.05) is 6.61 Å². The van der Waals surface area contributed by atoms with Gasteiger partial charge in [-0.05, 0) is 49.6 Å². The van der Waals surface area contributed by atoms with Crippen LogP contribution in [0.25, 0.3) is 0 Å². The highest BCUT2D eigenvalue weighted by atomic mass is 16.5. The van der Waals surface area contributed by atoms with Gasteiger partial charge in [0.05, 0.1) is 6.04 Å². The summed E-state index contributed by atoms with van der Waals surface area (Å²) >= 11 is 0. The monoisotopic (exact) mass is 323 g/mol. The van der Waals surface area contributed by atoms with Crippen LogP contribution in [0.4, 0.5) is 0 Å². The third-order valence-electron chi connectivity index (χ3n) is 3.77. The van der Waals surface area contributed by atoms with Crippen molar-refractivity contribution in [2.24, 2.45) is 0 Å². The van der Waals surface area contributed by atoms with E-state index in [4.69, 9.17) is 4.74 Å². The minimum absolute atomic E-state index is 0.00176. The van der Waals surface area contributed by atoms with Crippen LogP contribution in [0.1, 0.15) is 47.8 Å². The topological polar surface area (TPSA) is 38.3 Å². The predicted molar refractivity (Wildman–Crippen MR) is 98.4 cm³/mol. The van der Waals surface area contributed by atoms with Crippen LogP contribution in [0.5, 0.6) is 5.75 Å². The highest BCUT2D eigenvalue weighted by molar-refractivity contribution is 5.94. The fourth-order valence-electron chi connectivity index (χ4n) is 2.40. The van der Waals surface area contributed by atoms with Crippen molar-refractivity contribution < 1.29 is 9.53 Å². The van der Waals surface area contributed by atoms with Gasteiger partial charge in [-0.25, -0.2) is 0 Å². The van der Waals surface area contributed by atoms with Crippen LogP contribution in [-0.4, -0.2) is 12.5 Å². The molecule has 0 saturated carbocycles. The number of nitrogens with one attached hydrogen (secondary N) is 1. The van der Waals surface area contributed by atoms with Gasteiger partial charge in [0.1, 0.15) is 12.4 Å². The maximum Gasteiger partial charge on any atom is 0.251 e. The molecular formula is C21H25NO2. The van der Waals surface area contributed by atoms with E-state index < -0.39 is 0 Å². The summed E-state index contributed by atoms with van der Waals surface area (Å²) < 4.78 is 5.61. The van der Waals surface area contributed by atoms with Gasteiger partial charge in [0.15, 0.2) is 0 Å². The molecule has 0 aliphatic carbocycles. The first-order chi connectivity index (χ1) is 11.5. The highest BCUT2D eigenvalue weighted by Crippen LogP contribution is 2.19. The van der Waals surface area contributed by atoms with Crippen LogP contribution in [0.15, 0.2) is 60.7 Å². The van der Waals surface area contributed by atoms with Gasteiger partial charge >= 0.3 is 0 Å². The number of hydrogen-bond donors (Lipinski definition) is 1. The molecule has 0 radical (unpaired) electrons. The molecule has 2 aromatic rings. The molecule has 0 aromatic heterocycles. The second-order valence-corrected chi connectivity index (χ2v) is 6.12. The molecule has 2 aromatic carbocycles. The zero-order valence-electron chi connectivity index (χ0n) is 14.6. The van der Waals surface area contributed by atoms with Crippen molar-refractivity contribution in [3.8, 4) is 5.75 Å². The van der Waals surface area contributed by atoms with E-state index in [-0.39, 0.29) is 11.9 Å². The summed E-state index contributed by atoms with van der Waals surface area (Å²) in [7, 11) is 0. The van der Waals surface area contributed by atoms with Crippen LogP contribution in [0.2, 0.25) is 0 Å². The minimum atomic E-state index is -0.0943. The van der Waals surface area contributed by atoms with Gasteiger partial charge < -0.3 is 10.1 Å². The third-order valence-corrected chi connectivity index (χ3v) is 3.77. The smallest absolute Gasteiger partial charge is 0.251 e. The maximum absolute atomic E-state index is 12.6. The lowest BCUT2D eigenvalue weighted by molar-refractivity contribution is 0.0935. The van der Waals surface area contributed by atoms with Crippen LogP contribution in [-0.2, 0) is 0 Å². The second-order valence-electron chi connectivity index (χ2n) is 6.12. The van der Waals surface area contributed by atoms with Crippen molar-refractivity contribution in [3.63, 3.8) is 0 Å². The van der Waals surface area contributed by atoms with Crippen molar-refractivity contribution in [1.29, 1.82) is 0 Å². The molecule has 0 fully saturated rings. The quantitative estimate of drug-likeness (QED) is 0.741. The first-order valence-corrected chi connectivity index (χ1v) is 8.24. The molecule has 1 amide bonds. The third kappa shape index (κ3) is 4.98. The Bertz CT molecular complexity index is 704. The molecule has 24 heavy (non-hydrogen) atoms. The molecule has 0 spiro atoms. The van der Waals surface area contributed by atoms with E-state index in [1.165, 1.54) is 5.56 Å². The van der Waals surface area contributed by atoms with Crippen molar-refractivity contribution in [3.05, 3.63) is 77.4 Å². The van der Waals surface area contributed by atoms with Crippen molar-refractivity contribution in [1.82, 2.24) is 5.32 Å². The van der Waals surface area contributed by atoms with E-state index >= 15 is 0 Å². The van der Waals surface area contributed by atoms with E-state index in [1.54, 1.807) is 12.1 Å². The molecule has 0 saturated heterocycles. The lowest BCUT2D eigenvalue weighted by Gasteiger charge is -2.18. The van der Waals surface area contributed by atoms with E-state index in [9.17, 15) is 4.79 Å². The fraction of sp³-hybridized carbons (Fsp3) is 0.286. The molecule has 1 atom stereocenters. The predicted octanol–water partition coefficient (Wildman–Crippen LogP) is 4.83. The lowest BCUT2D eigenvalue weighted by atomic mass is 10.0. The van der Waals surface area contributed by atoms with Crippen molar-refractivity contribution in [2.45, 2.75) is 33.2 Å². The summed E-state index contributed by atoms with van der Waals surface area (Å²) in [6, 6.07) is 15.5. The molecule has 0 unspecified atom stereocenters. The van der Waals surface area contributed by atoms with Crippen LogP contribution in [0.3, 0.4) is 0 Å². The largest absolute Gasteiger partial charge is 0.489 e. The summed E-state index contributed by atoms with van der Waals surface area (Å²) in [5.41, 5.74) is 3.86. The normalized spacial score (nSPS) is 11.6. The summed E-state index contributed by atoms with van der Waals surface area (Å²) in [6.45, 7) is 10.3. The van der Waals surface area contributed by atoms with Crippen LogP contribution < -0.4 is 10.1 Å². The highest BCUT2D eigenvalue weighted by Gasteiger charge is 2.14. The number of hydrogen-bond acceptors (Lipinski definition) is 2. The van der Waals surface area contributed by atoms with Gasteiger partial charge in [-0.2, -0.15) is 0 Å². The van der Waals surface area contributed by atoms with Gasteiger partial charge in [-0.1, -0.05) is 49.4 Å². The first-order valence-electron chi connectivity index (χ1n) is 8.24. The number of benzene rings is 2. The second kappa shape index (κ2) is 8.34. The number of rotatable bonds is 7. The average Bonchev–Trinajstić information content (AvgIpc) is 2.59. The van der Waals surface area contributed by atoms with E-state index in [0.717, 1.165) is 17.6 Å². The zero-order chi connectivity index (χ0) is 17.5.